The molecule has 0 radical (unpaired) electrons. The molecule has 0 N–H and O–H groups in total. The summed E-state index contributed by atoms with van der Waals surface area (Å²) < 4.78 is 1.51. The average Bonchev–Trinajstić information content (AvgIpc) is 2.29. The lowest BCUT2D eigenvalue weighted by Gasteiger charge is -1.93. The van der Waals surface area contributed by atoms with Crippen molar-refractivity contribution in [3.05, 3.63) is 22.3 Å². The van der Waals surface area contributed by atoms with E-state index in [9.17, 15) is 0 Å². The Labute approximate surface area is 78.1 Å². The summed E-state index contributed by atoms with van der Waals surface area (Å²) in [5, 5.41) is 4.26. The number of rotatable bonds is 0. The van der Waals surface area contributed by atoms with E-state index in [1.807, 2.05) is 6.92 Å². The molecule has 2 aromatic rings. The van der Waals surface area contributed by atoms with Gasteiger partial charge in [0.15, 0.2) is 10.8 Å². The van der Waals surface area contributed by atoms with E-state index in [4.69, 9.17) is 23.2 Å². The standard InChI is InChI=1S/C6H4Cl2N4/c1-3-2-12-5(9-3)4(7)10-6(8)11-12/h2H,1H3. The van der Waals surface area contributed by atoms with Crippen LogP contribution >= 0.6 is 23.2 Å². The van der Waals surface area contributed by atoms with Crippen molar-refractivity contribution < 1.29 is 0 Å². The molecular weight excluding hydrogens is 199 g/mol. The fourth-order valence-electron chi connectivity index (χ4n) is 0.944. The second kappa shape index (κ2) is 2.57. The highest BCUT2D eigenvalue weighted by atomic mass is 35.5. The molecule has 4 nitrogen and oxygen atoms in total. The van der Waals surface area contributed by atoms with Gasteiger partial charge in [-0.3, -0.25) is 0 Å². The maximum atomic E-state index is 5.76. The number of nitrogens with zero attached hydrogens (tertiary/aromatic N) is 4. The fraction of sp³-hybridized carbons (Fsp3) is 0.167. The van der Waals surface area contributed by atoms with Gasteiger partial charge in [0.25, 0.3) is 0 Å². The van der Waals surface area contributed by atoms with Gasteiger partial charge in [-0.2, -0.15) is 0 Å². The van der Waals surface area contributed by atoms with Gasteiger partial charge in [-0.25, -0.2) is 14.5 Å². The Morgan fingerprint density at radius 1 is 1.33 bits per heavy atom. The van der Waals surface area contributed by atoms with Crippen molar-refractivity contribution in [1.82, 2.24) is 19.6 Å². The molecule has 12 heavy (non-hydrogen) atoms. The maximum Gasteiger partial charge on any atom is 0.242 e. The first-order valence-electron chi connectivity index (χ1n) is 3.22. The van der Waals surface area contributed by atoms with E-state index in [0.717, 1.165) is 5.69 Å². The van der Waals surface area contributed by atoms with E-state index >= 15 is 0 Å². The van der Waals surface area contributed by atoms with Gasteiger partial charge in [-0.1, -0.05) is 11.6 Å². The summed E-state index contributed by atoms with van der Waals surface area (Å²) >= 11 is 11.3. The number of halogens is 2. The van der Waals surface area contributed by atoms with Crippen molar-refractivity contribution in [2.24, 2.45) is 0 Å². The van der Waals surface area contributed by atoms with Crippen LogP contribution in [0.5, 0.6) is 0 Å². The highest BCUT2D eigenvalue weighted by molar-refractivity contribution is 6.33. The van der Waals surface area contributed by atoms with Gasteiger partial charge in [0.05, 0.1) is 11.9 Å². The van der Waals surface area contributed by atoms with Gasteiger partial charge in [0.2, 0.25) is 5.28 Å². The largest absolute Gasteiger partial charge is 0.242 e. The van der Waals surface area contributed by atoms with Crippen LogP contribution in [0, 0.1) is 6.92 Å². The van der Waals surface area contributed by atoms with Crippen molar-refractivity contribution >= 4 is 28.8 Å². The zero-order valence-electron chi connectivity index (χ0n) is 6.12. The van der Waals surface area contributed by atoms with Crippen LogP contribution in [0.25, 0.3) is 5.65 Å². The second-order valence-corrected chi connectivity index (χ2v) is 3.02. The Kier molecular flexibility index (Phi) is 1.66. The summed E-state index contributed by atoms with van der Waals surface area (Å²) in [4.78, 5) is 7.85. The zero-order chi connectivity index (χ0) is 8.72. The first kappa shape index (κ1) is 7.76. The van der Waals surface area contributed by atoms with Crippen LogP contribution in [-0.2, 0) is 0 Å². The van der Waals surface area contributed by atoms with Crippen LogP contribution in [0.1, 0.15) is 5.69 Å². The number of aromatic nitrogens is 4. The van der Waals surface area contributed by atoms with E-state index in [2.05, 4.69) is 15.1 Å². The molecule has 0 saturated heterocycles. The number of fused-ring (bicyclic) bond motifs is 1. The smallest absolute Gasteiger partial charge is 0.230 e. The molecule has 0 saturated carbocycles. The third-order valence-electron chi connectivity index (χ3n) is 1.37. The molecular formula is C6H4Cl2N4. The summed E-state index contributed by atoms with van der Waals surface area (Å²) in [6.07, 6.45) is 1.73. The lowest BCUT2D eigenvalue weighted by Crippen LogP contribution is -1.94. The number of aryl methyl sites for hydroxylation is 1. The Morgan fingerprint density at radius 3 is 2.83 bits per heavy atom. The topological polar surface area (TPSA) is 43.1 Å². The summed E-state index contributed by atoms with van der Waals surface area (Å²) in [5.74, 6) is 0. The lowest BCUT2D eigenvalue weighted by atomic mass is 10.6. The number of imidazole rings is 1. The molecule has 0 aliphatic rings. The Hall–Kier alpha value is -0.870. The molecule has 0 amide bonds. The molecule has 0 bridgehead atoms. The minimum atomic E-state index is 0.116. The molecule has 0 spiro atoms. The molecule has 0 atom stereocenters. The maximum absolute atomic E-state index is 5.76. The molecule has 0 aliphatic heterocycles. The predicted octanol–water partition coefficient (Wildman–Crippen LogP) is 1.74. The van der Waals surface area contributed by atoms with Crippen LogP contribution in [0.4, 0.5) is 0 Å². The Bertz CT molecular complexity index is 436. The van der Waals surface area contributed by atoms with Gasteiger partial charge in [0, 0.05) is 0 Å². The monoisotopic (exact) mass is 202 g/mol. The highest BCUT2D eigenvalue weighted by Gasteiger charge is 2.06. The van der Waals surface area contributed by atoms with Crippen molar-refractivity contribution in [2.75, 3.05) is 0 Å². The van der Waals surface area contributed by atoms with E-state index in [0.29, 0.717) is 5.65 Å². The van der Waals surface area contributed by atoms with E-state index in [1.165, 1.54) is 4.52 Å². The third-order valence-corrected chi connectivity index (χ3v) is 1.79. The lowest BCUT2D eigenvalue weighted by molar-refractivity contribution is 0.898. The molecule has 0 aromatic carbocycles. The molecule has 2 heterocycles. The first-order valence-corrected chi connectivity index (χ1v) is 3.97. The summed E-state index contributed by atoms with van der Waals surface area (Å²) in [5.41, 5.74) is 1.35. The van der Waals surface area contributed by atoms with Crippen LogP contribution < -0.4 is 0 Å². The molecule has 2 aromatic heterocycles. The molecule has 62 valence electrons. The average molecular weight is 203 g/mol. The fourth-order valence-corrected chi connectivity index (χ4v) is 1.36. The van der Waals surface area contributed by atoms with E-state index in [1.54, 1.807) is 6.20 Å². The van der Waals surface area contributed by atoms with Crippen LogP contribution in [0.3, 0.4) is 0 Å². The van der Waals surface area contributed by atoms with E-state index in [-0.39, 0.29) is 10.4 Å². The molecule has 0 aliphatic carbocycles. The minimum absolute atomic E-state index is 0.116. The van der Waals surface area contributed by atoms with Gasteiger partial charge in [-0.15, -0.1) is 5.10 Å². The normalized spacial score (nSPS) is 10.9. The summed E-state index contributed by atoms with van der Waals surface area (Å²) in [7, 11) is 0. The first-order chi connectivity index (χ1) is 5.66. The SMILES string of the molecule is Cc1cn2nc(Cl)nc(Cl)c2n1. The quantitative estimate of drug-likeness (QED) is 0.654. The van der Waals surface area contributed by atoms with Crippen molar-refractivity contribution in [3.63, 3.8) is 0 Å². The predicted molar refractivity (Wildman–Crippen MR) is 45.5 cm³/mol. The van der Waals surface area contributed by atoms with Gasteiger partial charge >= 0.3 is 0 Å². The van der Waals surface area contributed by atoms with E-state index < -0.39 is 0 Å². The molecule has 0 fully saturated rings. The van der Waals surface area contributed by atoms with Gasteiger partial charge in [-0.05, 0) is 18.5 Å². The van der Waals surface area contributed by atoms with Gasteiger partial charge < -0.3 is 0 Å². The van der Waals surface area contributed by atoms with Crippen LogP contribution in [0.15, 0.2) is 6.20 Å². The summed E-state index contributed by atoms with van der Waals surface area (Å²) in [6.45, 7) is 1.85. The van der Waals surface area contributed by atoms with Crippen LogP contribution in [-0.4, -0.2) is 19.6 Å². The zero-order valence-corrected chi connectivity index (χ0v) is 7.63. The third kappa shape index (κ3) is 1.13. The molecule has 2 rings (SSSR count). The Balaban J connectivity index is 2.88. The van der Waals surface area contributed by atoms with Crippen molar-refractivity contribution in [1.29, 1.82) is 0 Å². The highest BCUT2D eigenvalue weighted by Crippen LogP contribution is 2.14. The molecule has 6 heteroatoms. The Morgan fingerprint density at radius 2 is 2.08 bits per heavy atom. The summed E-state index contributed by atoms with van der Waals surface area (Å²) in [6, 6.07) is 0. The van der Waals surface area contributed by atoms with Crippen molar-refractivity contribution in [3.8, 4) is 0 Å². The minimum Gasteiger partial charge on any atom is -0.230 e. The number of hydrogen-bond acceptors (Lipinski definition) is 3. The number of hydrogen-bond donors (Lipinski definition) is 0. The second-order valence-electron chi connectivity index (χ2n) is 2.32. The van der Waals surface area contributed by atoms with Gasteiger partial charge in [0.1, 0.15) is 0 Å². The van der Waals surface area contributed by atoms with Crippen LogP contribution in [0.2, 0.25) is 10.4 Å². The van der Waals surface area contributed by atoms with Crippen molar-refractivity contribution in [2.45, 2.75) is 6.92 Å². The molecule has 0 unspecified atom stereocenters.